The van der Waals surface area contributed by atoms with E-state index in [9.17, 15) is 13.6 Å². The van der Waals surface area contributed by atoms with E-state index in [0.29, 0.717) is 5.56 Å². The molecular formula is C14H20F2N2O2. The van der Waals surface area contributed by atoms with Gasteiger partial charge in [0.2, 0.25) is 0 Å². The molecule has 2 atom stereocenters. The Labute approximate surface area is 117 Å². The van der Waals surface area contributed by atoms with E-state index in [2.05, 4.69) is 5.32 Å². The van der Waals surface area contributed by atoms with Gasteiger partial charge in [0.15, 0.2) is 0 Å². The molecule has 0 spiro atoms. The lowest BCUT2D eigenvalue weighted by atomic mass is 10.0. The predicted octanol–water partition coefficient (Wildman–Crippen LogP) is 2.09. The van der Waals surface area contributed by atoms with E-state index in [4.69, 9.17) is 5.11 Å². The fraction of sp³-hybridized carbons (Fsp3) is 0.500. The summed E-state index contributed by atoms with van der Waals surface area (Å²) in [6.45, 7) is 3.55. The van der Waals surface area contributed by atoms with Crippen molar-refractivity contribution in [2.75, 3.05) is 20.2 Å². The van der Waals surface area contributed by atoms with Crippen molar-refractivity contribution >= 4 is 6.03 Å². The van der Waals surface area contributed by atoms with Crippen LogP contribution in [0.5, 0.6) is 0 Å². The smallest absolute Gasteiger partial charge is 0.317 e. The van der Waals surface area contributed by atoms with Crippen LogP contribution in [0, 0.1) is 11.6 Å². The van der Waals surface area contributed by atoms with Crippen molar-refractivity contribution in [3.05, 3.63) is 35.4 Å². The van der Waals surface area contributed by atoms with Crippen LogP contribution in [-0.4, -0.2) is 42.3 Å². The van der Waals surface area contributed by atoms with Crippen molar-refractivity contribution in [3.63, 3.8) is 0 Å². The number of aliphatic hydroxyl groups is 1. The standard InChI is InChI=1S/C14H20F2N2O2/c1-9(12-5-4-11(15)6-13(12)16)7-17-14(20)18(3)10(2)8-19/h4-6,9-10,19H,7-8H2,1-3H3,(H,17,20). The predicted molar refractivity (Wildman–Crippen MR) is 72.5 cm³/mol. The van der Waals surface area contributed by atoms with E-state index in [1.54, 1.807) is 20.9 Å². The molecule has 0 aliphatic rings. The molecule has 1 aromatic rings. The Kier molecular flexibility index (Phi) is 5.88. The van der Waals surface area contributed by atoms with Gasteiger partial charge in [0.05, 0.1) is 12.6 Å². The van der Waals surface area contributed by atoms with E-state index in [-0.39, 0.29) is 31.1 Å². The monoisotopic (exact) mass is 286 g/mol. The first-order valence-electron chi connectivity index (χ1n) is 6.43. The number of nitrogens with zero attached hydrogens (tertiary/aromatic N) is 1. The summed E-state index contributed by atoms with van der Waals surface area (Å²) in [5.41, 5.74) is 0.351. The molecule has 2 unspecified atom stereocenters. The molecule has 4 nitrogen and oxygen atoms in total. The van der Waals surface area contributed by atoms with Crippen LogP contribution in [0.3, 0.4) is 0 Å². The van der Waals surface area contributed by atoms with Gasteiger partial charge in [-0.2, -0.15) is 0 Å². The normalized spacial score (nSPS) is 13.7. The number of aliphatic hydroxyl groups excluding tert-OH is 1. The van der Waals surface area contributed by atoms with Gasteiger partial charge in [0.25, 0.3) is 0 Å². The minimum atomic E-state index is -0.626. The van der Waals surface area contributed by atoms with Gasteiger partial charge in [0.1, 0.15) is 11.6 Å². The van der Waals surface area contributed by atoms with Crippen LogP contribution in [0.1, 0.15) is 25.3 Å². The number of carbonyl (C=O) groups excluding carboxylic acids is 1. The second-order valence-electron chi connectivity index (χ2n) is 4.90. The van der Waals surface area contributed by atoms with Gasteiger partial charge in [-0.3, -0.25) is 0 Å². The summed E-state index contributed by atoms with van der Waals surface area (Å²) >= 11 is 0. The fourth-order valence-corrected chi connectivity index (χ4v) is 1.70. The lowest BCUT2D eigenvalue weighted by molar-refractivity contribution is 0.157. The molecule has 2 amide bonds. The Morgan fingerprint density at radius 3 is 2.60 bits per heavy atom. The Morgan fingerprint density at radius 1 is 1.40 bits per heavy atom. The van der Waals surface area contributed by atoms with Crippen LogP contribution >= 0.6 is 0 Å². The summed E-state index contributed by atoms with van der Waals surface area (Å²) in [5, 5.41) is 11.6. The van der Waals surface area contributed by atoms with E-state index in [0.717, 1.165) is 6.07 Å². The summed E-state index contributed by atoms with van der Waals surface area (Å²) in [7, 11) is 1.57. The molecule has 1 aromatic carbocycles. The molecule has 1 rings (SSSR count). The van der Waals surface area contributed by atoms with E-state index < -0.39 is 11.6 Å². The molecule has 20 heavy (non-hydrogen) atoms. The maximum atomic E-state index is 13.6. The van der Waals surface area contributed by atoms with Crippen molar-refractivity contribution < 1.29 is 18.7 Å². The molecule has 0 aromatic heterocycles. The molecule has 2 N–H and O–H groups in total. The molecule has 0 bridgehead atoms. The van der Waals surface area contributed by atoms with Crippen LogP contribution in [0.4, 0.5) is 13.6 Å². The maximum absolute atomic E-state index is 13.6. The third-order valence-corrected chi connectivity index (χ3v) is 3.30. The highest BCUT2D eigenvalue weighted by molar-refractivity contribution is 5.74. The van der Waals surface area contributed by atoms with Crippen LogP contribution in [0.2, 0.25) is 0 Å². The lowest BCUT2D eigenvalue weighted by Crippen LogP contribution is -2.44. The van der Waals surface area contributed by atoms with Gasteiger partial charge < -0.3 is 15.3 Å². The number of nitrogens with one attached hydrogen (secondary N) is 1. The quantitative estimate of drug-likeness (QED) is 0.871. The minimum Gasteiger partial charge on any atom is -0.394 e. The zero-order valence-electron chi connectivity index (χ0n) is 11.9. The van der Waals surface area contributed by atoms with E-state index in [1.807, 2.05) is 0 Å². The first kappa shape index (κ1) is 16.4. The highest BCUT2D eigenvalue weighted by Gasteiger charge is 2.17. The summed E-state index contributed by atoms with van der Waals surface area (Å²) < 4.78 is 26.4. The zero-order chi connectivity index (χ0) is 15.3. The second kappa shape index (κ2) is 7.19. The Balaban J connectivity index is 2.59. The SMILES string of the molecule is CC(CNC(=O)N(C)C(C)CO)c1ccc(F)cc1F. The molecular weight excluding hydrogens is 266 g/mol. The van der Waals surface area contributed by atoms with Gasteiger partial charge >= 0.3 is 6.03 Å². The first-order chi connectivity index (χ1) is 9.36. The van der Waals surface area contributed by atoms with Crippen LogP contribution in [-0.2, 0) is 0 Å². The highest BCUT2D eigenvalue weighted by atomic mass is 19.1. The summed E-state index contributed by atoms with van der Waals surface area (Å²) in [6, 6.07) is 2.75. The van der Waals surface area contributed by atoms with Gasteiger partial charge in [-0.05, 0) is 18.6 Å². The Hall–Kier alpha value is -1.69. The number of amides is 2. The number of urea groups is 1. The molecule has 112 valence electrons. The molecule has 0 aliphatic carbocycles. The van der Waals surface area contributed by atoms with Crippen LogP contribution < -0.4 is 5.32 Å². The highest BCUT2D eigenvalue weighted by Crippen LogP contribution is 2.19. The Bertz CT molecular complexity index is 468. The zero-order valence-corrected chi connectivity index (χ0v) is 11.9. The van der Waals surface area contributed by atoms with Gasteiger partial charge in [-0.15, -0.1) is 0 Å². The van der Waals surface area contributed by atoms with E-state index >= 15 is 0 Å². The average molecular weight is 286 g/mol. The maximum Gasteiger partial charge on any atom is 0.317 e. The van der Waals surface area contributed by atoms with Crippen molar-refractivity contribution in [1.82, 2.24) is 10.2 Å². The third kappa shape index (κ3) is 4.16. The number of rotatable bonds is 5. The molecule has 6 heteroatoms. The summed E-state index contributed by atoms with van der Waals surface area (Å²) in [6.07, 6.45) is 0. The van der Waals surface area contributed by atoms with Crippen LogP contribution in [0.15, 0.2) is 18.2 Å². The Morgan fingerprint density at radius 2 is 2.05 bits per heavy atom. The molecule has 0 aliphatic heterocycles. The summed E-state index contributed by atoms with van der Waals surface area (Å²) in [5.74, 6) is -1.53. The fourth-order valence-electron chi connectivity index (χ4n) is 1.70. The van der Waals surface area contributed by atoms with Crippen molar-refractivity contribution in [2.45, 2.75) is 25.8 Å². The average Bonchev–Trinajstić information content (AvgIpc) is 2.42. The van der Waals surface area contributed by atoms with E-state index in [1.165, 1.54) is 17.0 Å². The number of halogens is 2. The number of benzene rings is 1. The van der Waals surface area contributed by atoms with Crippen molar-refractivity contribution in [1.29, 1.82) is 0 Å². The van der Waals surface area contributed by atoms with Crippen molar-refractivity contribution in [3.8, 4) is 0 Å². The lowest BCUT2D eigenvalue weighted by Gasteiger charge is -2.24. The minimum absolute atomic E-state index is 0.133. The molecule has 0 saturated carbocycles. The number of carbonyl (C=O) groups is 1. The topological polar surface area (TPSA) is 52.6 Å². The molecule has 0 fully saturated rings. The first-order valence-corrected chi connectivity index (χ1v) is 6.43. The van der Waals surface area contributed by atoms with Gasteiger partial charge in [-0.25, -0.2) is 13.6 Å². The number of hydrogen-bond donors (Lipinski definition) is 2. The molecule has 0 saturated heterocycles. The van der Waals surface area contributed by atoms with Crippen LogP contribution in [0.25, 0.3) is 0 Å². The summed E-state index contributed by atoms with van der Waals surface area (Å²) in [4.78, 5) is 13.1. The van der Waals surface area contributed by atoms with Gasteiger partial charge in [-0.1, -0.05) is 13.0 Å². The second-order valence-corrected chi connectivity index (χ2v) is 4.90. The number of hydrogen-bond acceptors (Lipinski definition) is 2. The van der Waals surface area contributed by atoms with Crippen molar-refractivity contribution in [2.24, 2.45) is 0 Å². The number of likely N-dealkylation sites (N-methyl/N-ethyl adjacent to an activating group) is 1. The third-order valence-electron chi connectivity index (χ3n) is 3.30. The molecule has 0 radical (unpaired) electrons. The largest absolute Gasteiger partial charge is 0.394 e. The molecule has 0 heterocycles. The van der Waals surface area contributed by atoms with Gasteiger partial charge in [0, 0.05) is 25.6 Å².